The highest BCUT2D eigenvalue weighted by Crippen LogP contribution is 2.34. The quantitative estimate of drug-likeness (QED) is 0.0994. The normalized spacial score (nSPS) is 15.7. The van der Waals surface area contributed by atoms with Crippen LogP contribution in [0.15, 0.2) is 116 Å². The molecule has 7 nitrogen and oxygen atoms in total. The number of furan rings is 1. The zero-order chi connectivity index (χ0) is 30.2. The van der Waals surface area contributed by atoms with Gasteiger partial charge in [0.05, 0.1) is 31.0 Å². The fourth-order valence-corrected chi connectivity index (χ4v) is 5.61. The topological polar surface area (TPSA) is 76.6 Å². The predicted molar refractivity (Wildman–Crippen MR) is 174 cm³/mol. The van der Waals surface area contributed by atoms with Gasteiger partial charge in [0.15, 0.2) is 16.7 Å². The molecule has 43 heavy (non-hydrogen) atoms. The Morgan fingerprint density at radius 1 is 1.00 bits per heavy atom. The van der Waals surface area contributed by atoms with E-state index in [1.807, 2.05) is 67.6 Å². The molecule has 3 aromatic carbocycles. The number of ether oxygens (including phenoxy) is 2. The molecular weight excluding hydrogens is 605 g/mol. The lowest BCUT2D eigenvalue weighted by Crippen LogP contribution is -2.28. The van der Waals surface area contributed by atoms with Gasteiger partial charge in [-0.05, 0) is 83.9 Å². The van der Waals surface area contributed by atoms with Crippen molar-refractivity contribution in [3.05, 3.63) is 134 Å². The molecule has 1 aliphatic heterocycles. The molecule has 1 aliphatic rings. The number of carbonyl (C=O) groups is 1. The van der Waals surface area contributed by atoms with E-state index in [2.05, 4.69) is 10.2 Å². The van der Waals surface area contributed by atoms with Crippen LogP contribution in [-0.2, 0) is 17.9 Å². The number of halogens is 2. The van der Waals surface area contributed by atoms with Crippen molar-refractivity contribution in [3.63, 3.8) is 0 Å². The predicted octanol–water partition coefficient (Wildman–Crippen LogP) is 8.63. The van der Waals surface area contributed by atoms with Gasteiger partial charge < -0.3 is 13.9 Å². The summed E-state index contributed by atoms with van der Waals surface area (Å²) in [6, 6.07) is 24.2. The van der Waals surface area contributed by atoms with Crippen molar-refractivity contribution >= 4 is 58.3 Å². The fraction of sp³-hybridized carbons (Fsp3) is 0.121. The average molecular weight is 633 g/mol. The Labute approximate surface area is 264 Å². The molecule has 1 amide bonds. The third kappa shape index (κ3) is 7.99. The molecule has 0 N–H and O–H groups in total. The maximum atomic E-state index is 13.4. The van der Waals surface area contributed by atoms with Crippen LogP contribution in [-0.4, -0.2) is 29.3 Å². The second-order valence-corrected chi connectivity index (χ2v) is 11.3. The van der Waals surface area contributed by atoms with Crippen molar-refractivity contribution in [2.45, 2.75) is 20.1 Å². The third-order valence-electron chi connectivity index (χ3n) is 6.27. The molecule has 2 heterocycles. The molecule has 0 spiro atoms. The molecule has 0 unspecified atom stereocenters. The van der Waals surface area contributed by atoms with E-state index in [0.717, 1.165) is 22.3 Å². The summed E-state index contributed by atoms with van der Waals surface area (Å²) in [6.07, 6.45) is 7.05. The van der Waals surface area contributed by atoms with Gasteiger partial charge in [-0.1, -0.05) is 65.7 Å². The first kappa shape index (κ1) is 30.2. The average Bonchev–Trinajstić information content (AvgIpc) is 3.62. The van der Waals surface area contributed by atoms with E-state index >= 15 is 0 Å². The minimum Gasteiger partial charge on any atom is -0.493 e. The maximum absolute atomic E-state index is 13.4. The molecule has 1 aromatic heterocycles. The summed E-state index contributed by atoms with van der Waals surface area (Å²) in [5.74, 6) is 1.55. The molecule has 0 bridgehead atoms. The molecule has 4 aromatic rings. The van der Waals surface area contributed by atoms with Gasteiger partial charge in [-0.15, -0.1) is 5.10 Å². The number of amidine groups is 1. The number of benzene rings is 3. The number of rotatable bonds is 10. The van der Waals surface area contributed by atoms with Crippen LogP contribution in [0.4, 0.5) is 0 Å². The fourth-order valence-electron chi connectivity index (χ4n) is 4.16. The van der Waals surface area contributed by atoms with Gasteiger partial charge in [-0.25, -0.2) is 0 Å². The number of hydrogen-bond donors (Lipinski definition) is 0. The first-order valence-corrected chi connectivity index (χ1v) is 14.8. The smallest absolute Gasteiger partial charge is 0.267 e. The highest BCUT2D eigenvalue weighted by molar-refractivity contribution is 8.18. The molecule has 10 heteroatoms. The van der Waals surface area contributed by atoms with Gasteiger partial charge in [0.2, 0.25) is 0 Å². The van der Waals surface area contributed by atoms with Crippen LogP contribution in [0.3, 0.4) is 0 Å². The van der Waals surface area contributed by atoms with E-state index in [1.54, 1.807) is 54.8 Å². The summed E-state index contributed by atoms with van der Waals surface area (Å²) in [5, 5.41) is 10.2. The minimum absolute atomic E-state index is 0.167. The van der Waals surface area contributed by atoms with E-state index in [0.29, 0.717) is 37.4 Å². The van der Waals surface area contributed by atoms with Crippen LogP contribution in [0.1, 0.15) is 29.4 Å². The third-order valence-corrected chi connectivity index (χ3v) is 7.85. The lowest BCUT2D eigenvalue weighted by molar-refractivity contribution is -0.122. The summed E-state index contributed by atoms with van der Waals surface area (Å²) < 4.78 is 17.0. The highest BCUT2D eigenvalue weighted by Gasteiger charge is 2.34. The molecular formula is C33H27Cl2N3O4S. The number of hydrogen-bond acceptors (Lipinski definition) is 7. The number of nitrogens with zero attached hydrogens (tertiary/aromatic N) is 3. The van der Waals surface area contributed by atoms with Crippen LogP contribution in [0, 0.1) is 0 Å². The molecule has 1 fully saturated rings. The second-order valence-electron chi connectivity index (χ2n) is 9.44. The van der Waals surface area contributed by atoms with Gasteiger partial charge in [-0.2, -0.15) is 5.10 Å². The van der Waals surface area contributed by atoms with Gasteiger partial charge in [-0.3, -0.25) is 9.69 Å². The lowest BCUT2D eigenvalue weighted by atomic mass is 10.1. The Morgan fingerprint density at radius 3 is 2.58 bits per heavy atom. The summed E-state index contributed by atoms with van der Waals surface area (Å²) in [6.45, 7) is 2.45. The Kier molecular flexibility index (Phi) is 10.0. The van der Waals surface area contributed by atoms with Gasteiger partial charge in [0.25, 0.3) is 5.91 Å². The van der Waals surface area contributed by atoms with Crippen molar-refractivity contribution in [2.24, 2.45) is 10.2 Å². The number of methoxy groups -OCH3 is 1. The zero-order valence-electron chi connectivity index (χ0n) is 23.4. The van der Waals surface area contributed by atoms with Gasteiger partial charge in [0, 0.05) is 15.6 Å². The summed E-state index contributed by atoms with van der Waals surface area (Å²) in [5.41, 5.74) is 3.54. The maximum Gasteiger partial charge on any atom is 0.267 e. The largest absolute Gasteiger partial charge is 0.493 e. The molecule has 0 aliphatic carbocycles. The number of thioether (sulfide) groups is 1. The molecule has 5 rings (SSSR count). The van der Waals surface area contributed by atoms with E-state index < -0.39 is 0 Å². The molecule has 0 atom stereocenters. The highest BCUT2D eigenvalue weighted by atomic mass is 35.5. The summed E-state index contributed by atoms with van der Waals surface area (Å²) in [7, 11) is 1.56. The first-order valence-electron chi connectivity index (χ1n) is 13.2. The number of carbonyl (C=O) groups excluding carboxylic acids is 1. The van der Waals surface area contributed by atoms with Gasteiger partial charge >= 0.3 is 0 Å². The Balaban J connectivity index is 1.33. The molecule has 0 saturated carbocycles. The Hall–Kier alpha value is -4.24. The monoisotopic (exact) mass is 631 g/mol. The van der Waals surface area contributed by atoms with Crippen molar-refractivity contribution in [1.29, 1.82) is 0 Å². The van der Waals surface area contributed by atoms with Crippen LogP contribution in [0.25, 0.3) is 6.08 Å². The van der Waals surface area contributed by atoms with Crippen LogP contribution >= 0.6 is 35.0 Å². The summed E-state index contributed by atoms with van der Waals surface area (Å²) >= 11 is 13.5. The number of allylic oxidation sites excluding steroid dienone is 2. The first-order chi connectivity index (χ1) is 20.9. The van der Waals surface area contributed by atoms with Crippen LogP contribution < -0.4 is 9.47 Å². The van der Waals surface area contributed by atoms with E-state index in [9.17, 15) is 4.79 Å². The Morgan fingerprint density at radius 2 is 1.84 bits per heavy atom. The van der Waals surface area contributed by atoms with E-state index in [-0.39, 0.29) is 19.1 Å². The SMILES string of the molecule is COc1cc(/C=N\N=C2\S/C(=C\C(C)=C\c3ccccc3)C(=O)N2Cc2ccco2)ccc1OCc1ccc(Cl)cc1Cl. The van der Waals surface area contributed by atoms with Crippen LogP contribution in [0.5, 0.6) is 11.5 Å². The van der Waals surface area contributed by atoms with Crippen molar-refractivity contribution < 1.29 is 18.7 Å². The standard InChI is InChI=1S/C33H27Cl2N3O4S/c1-22(15-23-7-4-3-5-8-23)16-31-32(39)38(20-27-9-6-14-41-27)33(43-31)37-36-19-24-10-13-29(30(17-24)40-2)42-21-25-11-12-26(34)18-28(25)35/h3-19H,20-21H2,1-2H3/b22-15+,31-16-,36-19-,37-33+. The summed E-state index contributed by atoms with van der Waals surface area (Å²) in [4.78, 5) is 15.5. The molecule has 0 radical (unpaired) electrons. The van der Waals surface area contributed by atoms with Crippen molar-refractivity contribution in [1.82, 2.24) is 4.90 Å². The van der Waals surface area contributed by atoms with E-state index in [1.165, 1.54) is 11.8 Å². The second kappa shape index (κ2) is 14.3. The van der Waals surface area contributed by atoms with Gasteiger partial charge in [0.1, 0.15) is 12.4 Å². The minimum atomic E-state index is -0.167. The van der Waals surface area contributed by atoms with E-state index in [4.69, 9.17) is 37.1 Å². The molecule has 218 valence electrons. The Bertz CT molecular complexity index is 1720. The van der Waals surface area contributed by atoms with Crippen molar-refractivity contribution in [2.75, 3.05) is 7.11 Å². The number of amides is 1. The van der Waals surface area contributed by atoms with Crippen LogP contribution in [0.2, 0.25) is 10.0 Å². The van der Waals surface area contributed by atoms with Crippen molar-refractivity contribution in [3.8, 4) is 11.5 Å². The molecule has 1 saturated heterocycles. The zero-order valence-corrected chi connectivity index (χ0v) is 25.7. The lowest BCUT2D eigenvalue weighted by Gasteiger charge is -2.13.